The smallest absolute Gasteiger partial charge is 0.237 e. The van der Waals surface area contributed by atoms with Gasteiger partial charge in [0.25, 0.3) is 0 Å². The fourth-order valence-electron chi connectivity index (χ4n) is 4.22. The first-order valence-corrected chi connectivity index (χ1v) is 15.0. The van der Waals surface area contributed by atoms with Crippen LogP contribution in [0.25, 0.3) is 0 Å². The third-order valence-corrected chi connectivity index (χ3v) is 6.98. The number of Topliss-reactive ketones (excluding diaryl/α,β-unsaturated/α-hetero) is 1. The topological polar surface area (TPSA) is 128 Å². The molecule has 2 aliphatic rings. The van der Waals surface area contributed by atoms with Crippen molar-refractivity contribution in [3.8, 4) is 0 Å². The fraction of sp³-hybridized carbons (Fsp3) is 0.806. The van der Waals surface area contributed by atoms with Crippen molar-refractivity contribution in [3.05, 3.63) is 12.7 Å². The van der Waals surface area contributed by atoms with Gasteiger partial charge >= 0.3 is 0 Å². The Labute approximate surface area is 245 Å². The van der Waals surface area contributed by atoms with Crippen LogP contribution in [0, 0.1) is 11.8 Å². The van der Waals surface area contributed by atoms with Crippen molar-refractivity contribution in [1.82, 2.24) is 20.9 Å². The number of ketones is 1. The van der Waals surface area contributed by atoms with Gasteiger partial charge in [0.15, 0.2) is 6.29 Å². The molecule has 1 aliphatic heterocycles. The molecule has 4 N–H and O–H groups in total. The Kier molecular flexibility index (Phi) is 31.9. The number of nitrogens with one attached hydrogen (secondary N) is 3. The maximum Gasteiger partial charge on any atom is 0.237 e. The Balaban J connectivity index is -0.000000508. The Morgan fingerprint density at radius 1 is 1.02 bits per heavy atom. The molecule has 40 heavy (non-hydrogen) atoms. The molecule has 0 aromatic rings. The molecular formula is C31H62N4O5. The van der Waals surface area contributed by atoms with Crippen molar-refractivity contribution in [2.24, 2.45) is 11.8 Å². The van der Waals surface area contributed by atoms with E-state index in [1.54, 1.807) is 0 Å². The highest BCUT2D eigenvalue weighted by Gasteiger charge is 2.30. The Bertz CT molecular complexity index is 639. The van der Waals surface area contributed by atoms with Crippen molar-refractivity contribution >= 4 is 24.3 Å². The van der Waals surface area contributed by atoms with Crippen LogP contribution >= 0.6 is 0 Å². The number of hydrogen-bond donors (Lipinski definition) is 4. The van der Waals surface area contributed by atoms with Crippen LogP contribution in [-0.4, -0.2) is 93.7 Å². The number of nitrogens with zero attached hydrogens (tertiary/aromatic N) is 1. The lowest BCUT2D eigenvalue weighted by atomic mass is 9.84. The standard InChI is InChI=1S/C12H20N2O3.C9H17NO.C5H12.C4H9N.CH4O/c1-3-5-9(11(16)8-15)13-12(17)10-6-4-7-14(10)2;1-10-9(7-11)8-5-3-2-4-6-8;1-4-5(2)3;1-3-4-5-2;1-2/h8-10H,3-7H2,1-2H3,(H,13,17);7-10H,2-6H2,1H3;5H,4H2,1-3H3;3,5H,1,4H2,2H3;2H,1H3. The molecule has 0 spiro atoms. The zero-order chi connectivity index (χ0) is 31.3. The fourth-order valence-corrected chi connectivity index (χ4v) is 4.22. The van der Waals surface area contributed by atoms with Crippen LogP contribution in [0.15, 0.2) is 12.7 Å². The summed E-state index contributed by atoms with van der Waals surface area (Å²) in [6.45, 7) is 13.9. The molecule has 0 aromatic carbocycles. The summed E-state index contributed by atoms with van der Waals surface area (Å²) in [7, 11) is 6.66. The lowest BCUT2D eigenvalue weighted by Gasteiger charge is -2.25. The highest BCUT2D eigenvalue weighted by Crippen LogP contribution is 2.25. The minimum atomic E-state index is -0.654. The van der Waals surface area contributed by atoms with Crippen LogP contribution in [-0.2, 0) is 19.2 Å². The number of aliphatic hydroxyl groups excluding tert-OH is 1. The molecule has 2 rings (SSSR count). The van der Waals surface area contributed by atoms with Crippen LogP contribution < -0.4 is 16.0 Å². The molecule has 1 amide bonds. The van der Waals surface area contributed by atoms with Crippen LogP contribution in [0.4, 0.5) is 0 Å². The summed E-state index contributed by atoms with van der Waals surface area (Å²) in [6, 6.07) is -0.705. The van der Waals surface area contributed by atoms with E-state index in [4.69, 9.17) is 5.11 Å². The van der Waals surface area contributed by atoms with Crippen molar-refractivity contribution in [1.29, 1.82) is 0 Å². The van der Waals surface area contributed by atoms with Gasteiger partial charge in [-0.3, -0.25) is 19.3 Å². The van der Waals surface area contributed by atoms with Crippen LogP contribution in [0.2, 0.25) is 0 Å². The number of carbonyl (C=O) groups excluding carboxylic acids is 4. The Morgan fingerprint density at radius 3 is 1.93 bits per heavy atom. The van der Waals surface area contributed by atoms with Gasteiger partial charge < -0.3 is 25.9 Å². The van der Waals surface area contributed by atoms with E-state index in [1.807, 2.05) is 39.0 Å². The van der Waals surface area contributed by atoms with E-state index in [2.05, 4.69) is 43.3 Å². The van der Waals surface area contributed by atoms with E-state index in [0.29, 0.717) is 18.6 Å². The maximum absolute atomic E-state index is 11.9. The predicted molar refractivity (Wildman–Crippen MR) is 166 cm³/mol. The predicted octanol–water partition coefficient (Wildman–Crippen LogP) is 3.54. The van der Waals surface area contributed by atoms with E-state index < -0.39 is 11.8 Å². The monoisotopic (exact) mass is 570 g/mol. The molecule has 1 saturated carbocycles. The van der Waals surface area contributed by atoms with Gasteiger partial charge in [0, 0.05) is 13.7 Å². The number of likely N-dealkylation sites (tertiary alicyclic amines) is 1. The summed E-state index contributed by atoms with van der Waals surface area (Å²) in [5, 5.41) is 15.6. The average molecular weight is 571 g/mol. The summed E-state index contributed by atoms with van der Waals surface area (Å²) in [5.74, 6) is 0.806. The molecule has 236 valence electrons. The van der Waals surface area contributed by atoms with Gasteiger partial charge in [-0.25, -0.2) is 0 Å². The number of aldehydes is 2. The SMILES string of the molecule is C=CCNC.CCC(C)C.CCCC(NC(=O)C1CCCN1C)C(=O)C=O.CNC(C=O)C1CCCCC1.CO. The van der Waals surface area contributed by atoms with E-state index >= 15 is 0 Å². The summed E-state index contributed by atoms with van der Waals surface area (Å²) in [6.07, 6.45) is 14.0. The quantitative estimate of drug-likeness (QED) is 0.159. The molecular weight excluding hydrogens is 508 g/mol. The van der Waals surface area contributed by atoms with E-state index in [-0.39, 0.29) is 18.0 Å². The lowest BCUT2D eigenvalue weighted by molar-refractivity contribution is -0.134. The maximum atomic E-state index is 11.9. The molecule has 3 unspecified atom stereocenters. The highest BCUT2D eigenvalue weighted by molar-refractivity contribution is 6.27. The van der Waals surface area contributed by atoms with Gasteiger partial charge in [0.1, 0.15) is 6.29 Å². The first-order chi connectivity index (χ1) is 19.2. The van der Waals surface area contributed by atoms with Crippen molar-refractivity contribution in [3.63, 3.8) is 0 Å². The van der Waals surface area contributed by atoms with Gasteiger partial charge in [-0.05, 0) is 71.6 Å². The first kappa shape index (κ1) is 42.5. The lowest BCUT2D eigenvalue weighted by Crippen LogP contribution is -2.48. The van der Waals surface area contributed by atoms with E-state index in [9.17, 15) is 19.2 Å². The molecule has 1 saturated heterocycles. The highest BCUT2D eigenvalue weighted by atomic mass is 16.2. The molecule has 0 radical (unpaired) electrons. The largest absolute Gasteiger partial charge is 0.400 e. The van der Waals surface area contributed by atoms with Crippen molar-refractivity contribution in [2.45, 2.75) is 110 Å². The second-order valence-corrected chi connectivity index (χ2v) is 10.5. The second-order valence-electron chi connectivity index (χ2n) is 10.5. The molecule has 9 heteroatoms. The minimum absolute atomic E-state index is 0.107. The summed E-state index contributed by atoms with van der Waals surface area (Å²) < 4.78 is 0. The Hall–Kier alpha value is -1.94. The minimum Gasteiger partial charge on any atom is -0.400 e. The summed E-state index contributed by atoms with van der Waals surface area (Å²) in [4.78, 5) is 46.3. The molecule has 2 fully saturated rings. The van der Waals surface area contributed by atoms with Gasteiger partial charge in [-0.15, -0.1) is 6.58 Å². The Morgan fingerprint density at radius 2 is 1.60 bits per heavy atom. The number of likely N-dealkylation sites (N-methyl/N-ethyl adjacent to an activating group) is 3. The second kappa shape index (κ2) is 30.0. The van der Waals surface area contributed by atoms with Gasteiger partial charge in [0.05, 0.1) is 18.1 Å². The van der Waals surface area contributed by atoms with Gasteiger partial charge in [-0.2, -0.15) is 0 Å². The molecule has 3 atom stereocenters. The number of rotatable bonds is 12. The number of amides is 1. The third-order valence-electron chi connectivity index (χ3n) is 6.98. The first-order valence-electron chi connectivity index (χ1n) is 15.0. The number of aliphatic hydroxyl groups is 1. The molecule has 9 nitrogen and oxygen atoms in total. The molecule has 1 heterocycles. The van der Waals surface area contributed by atoms with Gasteiger partial charge in [0.2, 0.25) is 11.7 Å². The van der Waals surface area contributed by atoms with Crippen LogP contribution in [0.5, 0.6) is 0 Å². The third kappa shape index (κ3) is 21.8. The molecule has 0 bridgehead atoms. The van der Waals surface area contributed by atoms with Crippen LogP contribution in [0.3, 0.4) is 0 Å². The zero-order valence-electron chi connectivity index (χ0n) is 26.8. The normalized spacial score (nSPS) is 18.0. The summed E-state index contributed by atoms with van der Waals surface area (Å²) in [5.41, 5.74) is 0. The zero-order valence-corrected chi connectivity index (χ0v) is 26.8. The average Bonchev–Trinajstić information content (AvgIpc) is 3.42. The molecule has 1 aliphatic carbocycles. The molecule has 0 aromatic heterocycles. The van der Waals surface area contributed by atoms with Gasteiger partial charge in [-0.1, -0.05) is 65.9 Å². The number of carbonyl (C=O) groups is 4. The number of hydrogen-bond acceptors (Lipinski definition) is 8. The van der Waals surface area contributed by atoms with Crippen molar-refractivity contribution < 1.29 is 24.3 Å². The van der Waals surface area contributed by atoms with Crippen LogP contribution in [0.1, 0.15) is 91.9 Å². The summed E-state index contributed by atoms with van der Waals surface area (Å²) >= 11 is 0. The van der Waals surface area contributed by atoms with E-state index in [0.717, 1.165) is 51.7 Å². The van der Waals surface area contributed by atoms with E-state index in [1.165, 1.54) is 38.5 Å². The van der Waals surface area contributed by atoms with Crippen molar-refractivity contribution in [2.75, 3.05) is 41.3 Å².